The third-order valence-electron chi connectivity index (χ3n) is 2.49. The Balaban J connectivity index is 2.66. The summed E-state index contributed by atoms with van der Waals surface area (Å²) in [4.78, 5) is 15.8. The Labute approximate surface area is 96.4 Å². The van der Waals surface area contributed by atoms with Crippen molar-refractivity contribution in [3.05, 3.63) is 35.3 Å². The van der Waals surface area contributed by atoms with E-state index in [1.54, 1.807) is 5.94 Å². The van der Waals surface area contributed by atoms with Crippen molar-refractivity contribution >= 4 is 17.3 Å². The number of hydroxylamine groups is 1. The summed E-state index contributed by atoms with van der Waals surface area (Å²) in [5.41, 5.74) is 1.19. The second-order valence-electron chi connectivity index (χ2n) is 3.41. The van der Waals surface area contributed by atoms with Crippen LogP contribution < -0.4 is 5.06 Å². The van der Waals surface area contributed by atoms with Crippen molar-refractivity contribution < 1.29 is 19.2 Å². The minimum atomic E-state index is -0.459. The van der Waals surface area contributed by atoms with Gasteiger partial charge in [0, 0.05) is 12.0 Å². The lowest BCUT2D eigenvalue weighted by atomic mass is 9.99. The van der Waals surface area contributed by atoms with E-state index >= 15 is 0 Å². The number of benzene rings is 1. The van der Waals surface area contributed by atoms with Gasteiger partial charge in [0.05, 0.1) is 18.5 Å². The fourth-order valence-electron chi connectivity index (χ4n) is 1.76. The van der Waals surface area contributed by atoms with Crippen LogP contribution in [0.4, 0.5) is 10.1 Å². The lowest BCUT2D eigenvalue weighted by molar-refractivity contribution is 0.187. The number of fused-ring (bicyclic) bond motifs is 1. The lowest BCUT2D eigenvalue weighted by Crippen LogP contribution is -2.30. The van der Waals surface area contributed by atoms with Crippen LogP contribution in [0.15, 0.2) is 29.1 Å². The second-order valence-corrected chi connectivity index (χ2v) is 3.41. The minimum absolute atomic E-state index is 0.0320. The van der Waals surface area contributed by atoms with Crippen LogP contribution in [0.5, 0.6) is 0 Å². The van der Waals surface area contributed by atoms with E-state index < -0.39 is 5.82 Å². The molecule has 1 aromatic rings. The molecular formula is C11H9FN2O3. The molecule has 0 amide bonds. The zero-order valence-corrected chi connectivity index (χ0v) is 8.98. The summed E-state index contributed by atoms with van der Waals surface area (Å²) in [5, 5.41) is 13.2. The summed E-state index contributed by atoms with van der Waals surface area (Å²) in [6.07, 6.45) is 0.0320. The highest BCUT2D eigenvalue weighted by molar-refractivity contribution is 6.09. The molecule has 1 aliphatic rings. The zero-order valence-electron chi connectivity index (χ0n) is 8.98. The van der Waals surface area contributed by atoms with E-state index in [0.717, 1.165) is 0 Å². The largest absolute Gasteiger partial charge is 0.411 e. The summed E-state index contributed by atoms with van der Waals surface area (Å²) >= 11 is 0. The van der Waals surface area contributed by atoms with Crippen LogP contribution >= 0.6 is 0 Å². The SMILES string of the molecule is CON1C(=C=O)CC(=NO)c2cc(F)ccc21. The first-order valence-corrected chi connectivity index (χ1v) is 4.80. The maximum Gasteiger partial charge on any atom is 0.149 e. The normalized spacial score (nSPS) is 16.9. The maximum absolute atomic E-state index is 13.1. The first kappa shape index (κ1) is 11.3. The summed E-state index contributed by atoms with van der Waals surface area (Å²) < 4.78 is 13.1. The molecule has 1 aromatic carbocycles. The van der Waals surface area contributed by atoms with Gasteiger partial charge in [-0.2, -0.15) is 0 Å². The molecule has 1 N–H and O–H groups in total. The minimum Gasteiger partial charge on any atom is -0.411 e. The number of carbonyl (C=O) groups excluding carboxylic acids is 1. The third kappa shape index (κ3) is 1.80. The van der Waals surface area contributed by atoms with Gasteiger partial charge in [-0.15, -0.1) is 0 Å². The van der Waals surface area contributed by atoms with Crippen molar-refractivity contribution in [2.24, 2.45) is 5.16 Å². The van der Waals surface area contributed by atoms with E-state index in [0.29, 0.717) is 11.3 Å². The van der Waals surface area contributed by atoms with Crippen LogP contribution in [-0.2, 0) is 9.63 Å². The number of hydrogen-bond acceptors (Lipinski definition) is 5. The van der Waals surface area contributed by atoms with Crippen LogP contribution in [0.25, 0.3) is 0 Å². The molecule has 0 aromatic heterocycles. The van der Waals surface area contributed by atoms with Gasteiger partial charge in [-0.3, -0.25) is 4.84 Å². The number of nitrogens with zero attached hydrogens (tertiary/aromatic N) is 2. The molecule has 1 aliphatic heterocycles. The van der Waals surface area contributed by atoms with Gasteiger partial charge in [0.15, 0.2) is 0 Å². The smallest absolute Gasteiger partial charge is 0.149 e. The molecule has 17 heavy (non-hydrogen) atoms. The second kappa shape index (κ2) is 4.37. The molecule has 0 unspecified atom stereocenters. The first-order valence-electron chi connectivity index (χ1n) is 4.80. The Hall–Kier alpha value is -2.17. The Morgan fingerprint density at radius 3 is 2.94 bits per heavy atom. The highest BCUT2D eigenvalue weighted by atomic mass is 19.1. The summed E-state index contributed by atoms with van der Waals surface area (Å²) in [6, 6.07) is 3.89. The third-order valence-corrected chi connectivity index (χ3v) is 2.49. The fraction of sp³-hybridized carbons (Fsp3) is 0.182. The molecule has 0 aliphatic carbocycles. The van der Waals surface area contributed by atoms with Crippen LogP contribution in [0.2, 0.25) is 0 Å². The van der Waals surface area contributed by atoms with Crippen molar-refractivity contribution in [3.8, 4) is 0 Å². The van der Waals surface area contributed by atoms with E-state index in [2.05, 4.69) is 5.16 Å². The average molecular weight is 236 g/mol. The number of halogens is 1. The number of allylic oxidation sites excluding steroid dienone is 1. The quantitative estimate of drug-likeness (QED) is 0.456. The van der Waals surface area contributed by atoms with Crippen molar-refractivity contribution in [1.82, 2.24) is 0 Å². The number of hydrogen-bond donors (Lipinski definition) is 1. The van der Waals surface area contributed by atoms with Crippen LogP contribution in [0.3, 0.4) is 0 Å². The number of rotatable bonds is 1. The molecule has 6 heteroatoms. The summed E-state index contributed by atoms with van der Waals surface area (Å²) in [5.74, 6) is 1.25. The van der Waals surface area contributed by atoms with Crippen LogP contribution in [0, 0.1) is 5.82 Å². The monoisotopic (exact) mass is 236 g/mol. The van der Waals surface area contributed by atoms with E-state index in [9.17, 15) is 9.18 Å². The molecule has 0 fully saturated rings. The highest BCUT2D eigenvalue weighted by Gasteiger charge is 2.28. The Kier molecular flexibility index (Phi) is 2.91. The molecule has 0 saturated carbocycles. The van der Waals surface area contributed by atoms with E-state index in [4.69, 9.17) is 10.0 Å². The maximum atomic E-state index is 13.1. The van der Waals surface area contributed by atoms with Crippen LogP contribution in [-0.4, -0.2) is 24.0 Å². The summed E-state index contributed by atoms with van der Waals surface area (Å²) in [6.45, 7) is 0. The van der Waals surface area contributed by atoms with Gasteiger partial charge >= 0.3 is 0 Å². The molecular weight excluding hydrogens is 227 g/mol. The molecule has 0 atom stereocenters. The molecule has 0 saturated heterocycles. The zero-order chi connectivity index (χ0) is 12.4. The van der Waals surface area contributed by atoms with Gasteiger partial charge in [0.1, 0.15) is 17.5 Å². The Bertz CT molecular complexity index is 536. The standard InChI is InChI=1S/C11H9FN2O3/c1-17-14-8(6-15)5-10(13-16)9-4-7(12)2-3-11(9)14/h2-4,16H,5H2,1H3. The van der Waals surface area contributed by atoms with Gasteiger partial charge in [0.2, 0.25) is 0 Å². The predicted molar refractivity (Wildman–Crippen MR) is 58.0 cm³/mol. The van der Waals surface area contributed by atoms with E-state index in [1.165, 1.54) is 30.4 Å². The van der Waals surface area contributed by atoms with Crippen LogP contribution in [0.1, 0.15) is 12.0 Å². The topological polar surface area (TPSA) is 62.1 Å². The van der Waals surface area contributed by atoms with Crippen molar-refractivity contribution in [2.45, 2.75) is 6.42 Å². The molecule has 0 bridgehead atoms. The molecule has 88 valence electrons. The van der Waals surface area contributed by atoms with Gasteiger partial charge in [-0.1, -0.05) is 5.16 Å². The molecule has 0 spiro atoms. The van der Waals surface area contributed by atoms with Gasteiger partial charge in [-0.05, 0) is 18.2 Å². The predicted octanol–water partition coefficient (Wildman–Crippen LogP) is 1.49. The first-order chi connectivity index (χ1) is 8.21. The van der Waals surface area contributed by atoms with E-state index in [1.807, 2.05) is 0 Å². The Morgan fingerprint density at radius 1 is 1.59 bits per heavy atom. The summed E-state index contributed by atoms with van der Waals surface area (Å²) in [7, 11) is 1.38. The average Bonchev–Trinajstić information content (AvgIpc) is 2.36. The highest BCUT2D eigenvalue weighted by Crippen LogP contribution is 2.32. The lowest BCUT2D eigenvalue weighted by Gasteiger charge is -2.29. The molecule has 2 rings (SSSR count). The van der Waals surface area contributed by atoms with E-state index in [-0.39, 0.29) is 17.8 Å². The molecule has 0 radical (unpaired) electrons. The Morgan fingerprint density at radius 2 is 2.35 bits per heavy atom. The number of oxime groups is 1. The van der Waals surface area contributed by atoms with Crippen molar-refractivity contribution in [3.63, 3.8) is 0 Å². The van der Waals surface area contributed by atoms with Crippen molar-refractivity contribution in [2.75, 3.05) is 12.2 Å². The van der Waals surface area contributed by atoms with Gasteiger partial charge in [-0.25, -0.2) is 14.2 Å². The number of anilines is 1. The van der Waals surface area contributed by atoms with Gasteiger partial charge in [0.25, 0.3) is 0 Å². The molecule has 5 nitrogen and oxygen atoms in total. The molecule has 1 heterocycles. The van der Waals surface area contributed by atoms with Gasteiger partial charge < -0.3 is 5.21 Å². The van der Waals surface area contributed by atoms with Crippen molar-refractivity contribution in [1.29, 1.82) is 0 Å². The fourth-order valence-corrected chi connectivity index (χ4v) is 1.76.